The number of aromatic nitrogens is 1. The van der Waals surface area contributed by atoms with Gasteiger partial charge in [0.05, 0.1) is 0 Å². The molecule has 0 spiro atoms. The van der Waals surface area contributed by atoms with E-state index in [0.717, 1.165) is 32.0 Å². The van der Waals surface area contributed by atoms with E-state index in [1.165, 1.54) is 28.5 Å². The van der Waals surface area contributed by atoms with Crippen molar-refractivity contribution in [3.8, 4) is 0 Å². The largest absolute Gasteiger partial charge is 0.361 e. The van der Waals surface area contributed by atoms with E-state index < -0.39 is 0 Å². The minimum atomic E-state index is 0. The van der Waals surface area contributed by atoms with Crippen molar-refractivity contribution in [2.75, 3.05) is 26.7 Å². The van der Waals surface area contributed by atoms with E-state index in [1.54, 1.807) is 0 Å². The minimum absolute atomic E-state index is 0. The van der Waals surface area contributed by atoms with Gasteiger partial charge in [-0.15, -0.1) is 24.0 Å². The van der Waals surface area contributed by atoms with E-state index >= 15 is 0 Å². The van der Waals surface area contributed by atoms with Gasteiger partial charge >= 0.3 is 0 Å². The van der Waals surface area contributed by atoms with Crippen LogP contribution < -0.4 is 5.32 Å². The molecule has 1 saturated heterocycles. The van der Waals surface area contributed by atoms with E-state index in [-0.39, 0.29) is 24.0 Å². The van der Waals surface area contributed by atoms with Crippen LogP contribution >= 0.6 is 24.0 Å². The number of guanidine groups is 1. The second-order valence-corrected chi connectivity index (χ2v) is 7.37. The highest BCUT2D eigenvalue weighted by atomic mass is 127. The number of benzene rings is 1. The van der Waals surface area contributed by atoms with Crippen LogP contribution in [0.2, 0.25) is 0 Å². The van der Waals surface area contributed by atoms with E-state index in [9.17, 15) is 0 Å². The molecule has 0 bridgehead atoms. The molecule has 4 nitrogen and oxygen atoms in total. The number of halogens is 1. The number of rotatable bonds is 3. The molecule has 3 rings (SSSR count). The van der Waals surface area contributed by atoms with Crippen LogP contribution in [-0.2, 0) is 6.42 Å². The number of nitrogens with zero attached hydrogens (tertiary/aromatic N) is 2. The second kappa shape index (κ2) is 7.76. The molecule has 2 N–H and O–H groups in total. The lowest BCUT2D eigenvalue weighted by atomic mass is 9.93. The Morgan fingerprint density at radius 1 is 1.38 bits per heavy atom. The average molecular weight is 440 g/mol. The third kappa shape index (κ3) is 4.05. The Bertz CT molecular complexity index is 717. The zero-order valence-electron chi connectivity index (χ0n) is 15.1. The predicted octanol–water partition coefficient (Wildman–Crippen LogP) is 3.94. The quantitative estimate of drug-likeness (QED) is 0.432. The van der Waals surface area contributed by atoms with Crippen LogP contribution in [0.4, 0.5) is 0 Å². The van der Waals surface area contributed by atoms with Gasteiger partial charge in [0.25, 0.3) is 0 Å². The molecule has 0 unspecified atom stereocenters. The van der Waals surface area contributed by atoms with Crippen molar-refractivity contribution < 1.29 is 0 Å². The molecule has 0 atom stereocenters. The molecule has 1 fully saturated rings. The fourth-order valence-electron chi connectivity index (χ4n) is 3.58. The van der Waals surface area contributed by atoms with Gasteiger partial charge < -0.3 is 15.2 Å². The van der Waals surface area contributed by atoms with Gasteiger partial charge in [0.2, 0.25) is 0 Å². The van der Waals surface area contributed by atoms with Crippen LogP contribution in [0.25, 0.3) is 10.9 Å². The summed E-state index contributed by atoms with van der Waals surface area (Å²) >= 11 is 0. The van der Waals surface area contributed by atoms with Gasteiger partial charge in [-0.05, 0) is 42.4 Å². The maximum Gasteiger partial charge on any atom is 0.193 e. The number of nitrogens with one attached hydrogen (secondary N) is 2. The number of likely N-dealkylation sites (tertiary alicyclic amines) is 1. The maximum absolute atomic E-state index is 4.46. The smallest absolute Gasteiger partial charge is 0.193 e. The number of hydrogen-bond donors (Lipinski definition) is 2. The van der Waals surface area contributed by atoms with Crippen LogP contribution in [-0.4, -0.2) is 42.5 Å². The first kappa shape index (κ1) is 19.1. The summed E-state index contributed by atoms with van der Waals surface area (Å²) in [6.07, 6.45) is 4.37. The highest BCUT2D eigenvalue weighted by Crippen LogP contribution is 2.28. The number of H-pyrrole nitrogens is 1. The molecule has 2 aromatic rings. The number of aromatic amines is 1. The SMILES string of the molecule is CN=C(NCCc1c[nH]c2cccc(C)c12)N1CCC(C)(C)C1.I. The lowest BCUT2D eigenvalue weighted by Crippen LogP contribution is -2.41. The minimum Gasteiger partial charge on any atom is -0.361 e. The van der Waals surface area contributed by atoms with E-state index in [2.05, 4.69) is 65.4 Å². The molecule has 132 valence electrons. The van der Waals surface area contributed by atoms with Crippen LogP contribution in [0, 0.1) is 12.3 Å². The summed E-state index contributed by atoms with van der Waals surface area (Å²) in [7, 11) is 1.88. The highest BCUT2D eigenvalue weighted by molar-refractivity contribution is 14.0. The fraction of sp³-hybridized carbons (Fsp3) is 0.526. The first-order chi connectivity index (χ1) is 11.0. The number of fused-ring (bicyclic) bond motifs is 1. The molecule has 0 amide bonds. The summed E-state index contributed by atoms with van der Waals surface area (Å²) in [5.41, 5.74) is 4.34. The topological polar surface area (TPSA) is 43.4 Å². The van der Waals surface area contributed by atoms with Crippen molar-refractivity contribution >= 4 is 40.8 Å². The predicted molar refractivity (Wildman–Crippen MR) is 113 cm³/mol. The first-order valence-corrected chi connectivity index (χ1v) is 8.51. The van der Waals surface area contributed by atoms with Crippen LogP contribution in [0.1, 0.15) is 31.4 Å². The molecule has 1 aromatic heterocycles. The summed E-state index contributed by atoms with van der Waals surface area (Å²) in [4.78, 5) is 10.2. The molecule has 5 heteroatoms. The summed E-state index contributed by atoms with van der Waals surface area (Å²) in [6, 6.07) is 6.43. The molecular formula is C19H29IN4. The standard InChI is InChI=1S/C19H28N4.HI/c1-14-6-5-7-16-17(14)15(12-22-16)8-10-21-18(20-4)23-11-9-19(2,3)13-23;/h5-7,12,22H,8-11,13H2,1-4H3,(H,20,21);1H. The first-order valence-electron chi connectivity index (χ1n) is 8.51. The molecule has 2 heterocycles. The molecule has 0 saturated carbocycles. The van der Waals surface area contributed by atoms with Crippen molar-refractivity contribution in [3.63, 3.8) is 0 Å². The maximum atomic E-state index is 4.46. The third-order valence-corrected chi connectivity index (χ3v) is 4.86. The van der Waals surface area contributed by atoms with Crippen molar-refractivity contribution in [2.24, 2.45) is 10.4 Å². The van der Waals surface area contributed by atoms with Crippen LogP contribution in [0.3, 0.4) is 0 Å². The van der Waals surface area contributed by atoms with Crippen molar-refractivity contribution in [1.29, 1.82) is 0 Å². The van der Waals surface area contributed by atoms with Gasteiger partial charge in [-0.2, -0.15) is 0 Å². The van der Waals surface area contributed by atoms with Gasteiger partial charge in [-0.1, -0.05) is 26.0 Å². The summed E-state index contributed by atoms with van der Waals surface area (Å²) < 4.78 is 0. The molecular weight excluding hydrogens is 411 g/mol. The van der Waals surface area contributed by atoms with E-state index in [0.29, 0.717) is 5.41 Å². The Kier molecular flexibility index (Phi) is 6.17. The summed E-state index contributed by atoms with van der Waals surface area (Å²) in [5.74, 6) is 1.03. The van der Waals surface area contributed by atoms with Gasteiger partial charge in [0.1, 0.15) is 0 Å². The molecule has 0 radical (unpaired) electrons. The fourth-order valence-corrected chi connectivity index (χ4v) is 3.58. The molecule has 1 aliphatic rings. The molecule has 24 heavy (non-hydrogen) atoms. The van der Waals surface area contributed by atoms with Crippen LogP contribution in [0.15, 0.2) is 29.4 Å². The van der Waals surface area contributed by atoms with Gasteiger partial charge in [0.15, 0.2) is 5.96 Å². The zero-order valence-corrected chi connectivity index (χ0v) is 17.5. The molecule has 1 aliphatic heterocycles. The Hall–Kier alpha value is -1.24. The number of aliphatic imine (C=N–C) groups is 1. The van der Waals surface area contributed by atoms with Gasteiger partial charge in [0, 0.05) is 43.8 Å². The van der Waals surface area contributed by atoms with Crippen molar-refractivity contribution in [1.82, 2.24) is 15.2 Å². The number of hydrogen-bond acceptors (Lipinski definition) is 1. The summed E-state index contributed by atoms with van der Waals surface area (Å²) in [6.45, 7) is 9.92. The Morgan fingerprint density at radius 3 is 2.83 bits per heavy atom. The molecule has 0 aliphatic carbocycles. The normalized spacial score (nSPS) is 17.2. The molecule has 1 aromatic carbocycles. The van der Waals surface area contributed by atoms with Crippen molar-refractivity contribution in [3.05, 3.63) is 35.5 Å². The van der Waals surface area contributed by atoms with E-state index in [1.807, 2.05) is 7.05 Å². The Labute approximate surface area is 162 Å². The lowest BCUT2D eigenvalue weighted by molar-refractivity contribution is 0.370. The monoisotopic (exact) mass is 440 g/mol. The van der Waals surface area contributed by atoms with E-state index in [4.69, 9.17) is 0 Å². The zero-order chi connectivity index (χ0) is 16.4. The van der Waals surface area contributed by atoms with Crippen LogP contribution in [0.5, 0.6) is 0 Å². The second-order valence-electron chi connectivity index (χ2n) is 7.37. The average Bonchev–Trinajstić information content (AvgIpc) is 3.08. The summed E-state index contributed by atoms with van der Waals surface area (Å²) in [5, 5.41) is 4.90. The van der Waals surface area contributed by atoms with Gasteiger partial charge in [-0.3, -0.25) is 4.99 Å². The third-order valence-electron chi connectivity index (χ3n) is 4.86. The lowest BCUT2D eigenvalue weighted by Gasteiger charge is -2.23. The number of aryl methyl sites for hydroxylation is 1. The highest BCUT2D eigenvalue weighted by Gasteiger charge is 2.30. The van der Waals surface area contributed by atoms with Crippen molar-refractivity contribution in [2.45, 2.75) is 33.6 Å². The Morgan fingerprint density at radius 2 is 2.17 bits per heavy atom. The van der Waals surface area contributed by atoms with Gasteiger partial charge in [-0.25, -0.2) is 0 Å². The Balaban J connectivity index is 0.00000208.